The van der Waals surface area contributed by atoms with Crippen molar-refractivity contribution in [2.24, 2.45) is 0 Å². The third-order valence-corrected chi connectivity index (χ3v) is 2.43. The molecule has 0 spiro atoms. The van der Waals surface area contributed by atoms with E-state index in [2.05, 4.69) is 4.98 Å². The maximum Gasteiger partial charge on any atom is 0.348 e. The molecule has 0 saturated heterocycles. The van der Waals surface area contributed by atoms with Crippen LogP contribution in [0.3, 0.4) is 0 Å². The molecule has 3 heteroatoms. The van der Waals surface area contributed by atoms with Crippen LogP contribution in [-0.2, 0) is 6.54 Å². The lowest BCUT2D eigenvalue weighted by Gasteiger charge is -2.00. The van der Waals surface area contributed by atoms with Crippen LogP contribution < -0.4 is 5.69 Å². The molecule has 0 bridgehead atoms. The van der Waals surface area contributed by atoms with E-state index in [4.69, 9.17) is 0 Å². The third kappa shape index (κ3) is 3.14. The average molecular weight is 226 g/mol. The molecular formula is C14H14N2O. The number of hydrogen-bond donors (Lipinski definition) is 0. The molecule has 0 aliphatic rings. The summed E-state index contributed by atoms with van der Waals surface area (Å²) in [7, 11) is 0. The van der Waals surface area contributed by atoms with Gasteiger partial charge in [-0.15, -0.1) is 0 Å². The molecule has 86 valence electrons. The molecule has 1 aromatic carbocycles. The highest BCUT2D eigenvalue weighted by Gasteiger charge is 1.94. The second-order valence-electron chi connectivity index (χ2n) is 3.82. The predicted molar refractivity (Wildman–Crippen MR) is 68.7 cm³/mol. The zero-order valence-electron chi connectivity index (χ0n) is 9.71. The Morgan fingerprint density at radius 2 is 2.00 bits per heavy atom. The Hall–Kier alpha value is -2.16. The molecule has 3 nitrogen and oxygen atoms in total. The van der Waals surface area contributed by atoms with Gasteiger partial charge in [0.05, 0.1) is 0 Å². The van der Waals surface area contributed by atoms with Crippen LogP contribution in [0.1, 0.15) is 11.3 Å². The molecule has 0 radical (unpaired) electrons. The summed E-state index contributed by atoms with van der Waals surface area (Å²) in [6.07, 6.45) is 5.71. The lowest BCUT2D eigenvalue weighted by atomic mass is 10.2. The third-order valence-electron chi connectivity index (χ3n) is 2.43. The first kappa shape index (κ1) is 11.3. The van der Waals surface area contributed by atoms with Gasteiger partial charge in [0.15, 0.2) is 0 Å². The van der Waals surface area contributed by atoms with E-state index in [-0.39, 0.29) is 5.69 Å². The summed E-state index contributed by atoms with van der Waals surface area (Å²) in [4.78, 5) is 15.4. The van der Waals surface area contributed by atoms with Gasteiger partial charge in [0, 0.05) is 18.4 Å². The molecule has 0 unspecified atom stereocenters. The van der Waals surface area contributed by atoms with Crippen LogP contribution >= 0.6 is 0 Å². The quantitative estimate of drug-likeness (QED) is 0.804. The first-order valence-corrected chi connectivity index (χ1v) is 5.51. The lowest BCUT2D eigenvalue weighted by Crippen LogP contribution is -2.22. The van der Waals surface area contributed by atoms with E-state index in [9.17, 15) is 4.79 Å². The molecular weight excluding hydrogens is 212 g/mol. The van der Waals surface area contributed by atoms with Gasteiger partial charge in [-0.3, -0.25) is 4.57 Å². The summed E-state index contributed by atoms with van der Waals surface area (Å²) in [6.45, 7) is 2.35. The van der Waals surface area contributed by atoms with Crippen LogP contribution in [0.5, 0.6) is 0 Å². The van der Waals surface area contributed by atoms with Gasteiger partial charge in [-0.05, 0) is 18.6 Å². The van der Waals surface area contributed by atoms with Crippen molar-refractivity contribution in [1.29, 1.82) is 0 Å². The Bertz CT molecular complexity index is 570. The zero-order valence-corrected chi connectivity index (χ0v) is 9.71. The Morgan fingerprint density at radius 1 is 1.24 bits per heavy atom. The molecule has 1 heterocycles. The summed E-state index contributed by atoms with van der Waals surface area (Å²) < 4.78 is 1.58. The van der Waals surface area contributed by atoms with Gasteiger partial charge < -0.3 is 0 Å². The molecule has 1 aromatic heterocycles. The van der Waals surface area contributed by atoms with E-state index in [1.165, 1.54) is 0 Å². The number of aromatic nitrogens is 2. The van der Waals surface area contributed by atoms with Gasteiger partial charge in [0.1, 0.15) is 0 Å². The van der Waals surface area contributed by atoms with Crippen molar-refractivity contribution in [2.45, 2.75) is 13.5 Å². The minimum atomic E-state index is -0.206. The normalized spacial score (nSPS) is 10.9. The maximum atomic E-state index is 11.5. The Morgan fingerprint density at radius 3 is 2.71 bits per heavy atom. The van der Waals surface area contributed by atoms with Crippen molar-refractivity contribution >= 4 is 6.08 Å². The molecule has 0 saturated carbocycles. The fourth-order valence-corrected chi connectivity index (χ4v) is 1.52. The van der Waals surface area contributed by atoms with Crippen LogP contribution in [-0.4, -0.2) is 9.55 Å². The molecule has 0 atom stereocenters. The number of hydrogen-bond acceptors (Lipinski definition) is 2. The highest BCUT2D eigenvalue weighted by molar-refractivity contribution is 5.48. The number of rotatable bonds is 3. The number of aryl methyl sites for hydroxylation is 1. The van der Waals surface area contributed by atoms with Gasteiger partial charge in [0.2, 0.25) is 0 Å². The monoisotopic (exact) mass is 226 g/mol. The molecule has 0 aliphatic heterocycles. The average Bonchev–Trinajstić information content (AvgIpc) is 2.33. The summed E-state index contributed by atoms with van der Waals surface area (Å²) in [5, 5.41) is 0. The van der Waals surface area contributed by atoms with E-state index in [0.717, 1.165) is 11.3 Å². The van der Waals surface area contributed by atoms with Crippen molar-refractivity contribution < 1.29 is 0 Å². The van der Waals surface area contributed by atoms with Crippen molar-refractivity contribution in [2.75, 3.05) is 0 Å². The van der Waals surface area contributed by atoms with Crippen LogP contribution in [0.4, 0.5) is 0 Å². The van der Waals surface area contributed by atoms with E-state index < -0.39 is 0 Å². The second kappa shape index (κ2) is 5.25. The highest BCUT2D eigenvalue weighted by atomic mass is 16.1. The van der Waals surface area contributed by atoms with Crippen molar-refractivity contribution in [1.82, 2.24) is 9.55 Å². The van der Waals surface area contributed by atoms with E-state index in [1.807, 2.05) is 55.5 Å². The van der Waals surface area contributed by atoms with E-state index in [1.54, 1.807) is 10.8 Å². The zero-order chi connectivity index (χ0) is 12.1. The van der Waals surface area contributed by atoms with Gasteiger partial charge in [-0.2, -0.15) is 4.98 Å². The van der Waals surface area contributed by atoms with E-state index >= 15 is 0 Å². The van der Waals surface area contributed by atoms with Crippen molar-refractivity contribution in [3.63, 3.8) is 0 Å². The van der Waals surface area contributed by atoms with Gasteiger partial charge in [-0.25, -0.2) is 4.79 Å². The largest absolute Gasteiger partial charge is 0.348 e. The van der Waals surface area contributed by atoms with Crippen molar-refractivity contribution in [3.8, 4) is 0 Å². The molecule has 17 heavy (non-hydrogen) atoms. The maximum absolute atomic E-state index is 11.5. The molecule has 0 aliphatic carbocycles. The summed E-state index contributed by atoms with van der Waals surface area (Å²) in [5.41, 5.74) is 1.67. The SMILES string of the molecule is Cc1ccn(C/C=C/c2ccccc2)c(=O)n1. The predicted octanol–water partition coefficient (Wildman–Crippen LogP) is 2.27. The lowest BCUT2D eigenvalue weighted by molar-refractivity contribution is 0.738. The van der Waals surface area contributed by atoms with Crippen LogP contribution in [0.15, 0.2) is 53.5 Å². The smallest absolute Gasteiger partial charge is 0.295 e. The van der Waals surface area contributed by atoms with Crippen molar-refractivity contribution in [3.05, 3.63) is 70.4 Å². The second-order valence-corrected chi connectivity index (χ2v) is 3.82. The van der Waals surface area contributed by atoms with E-state index in [0.29, 0.717) is 6.54 Å². The number of allylic oxidation sites excluding steroid dienone is 1. The Labute approximate surface area is 100 Å². The standard InChI is InChI=1S/C14H14N2O/c1-12-9-11-16(14(17)15-12)10-5-8-13-6-3-2-4-7-13/h2-9,11H,10H2,1H3/b8-5+. The first-order valence-electron chi connectivity index (χ1n) is 5.51. The molecule has 2 aromatic rings. The topological polar surface area (TPSA) is 34.9 Å². The Balaban J connectivity index is 2.08. The van der Waals surface area contributed by atoms with Crippen LogP contribution in [0.25, 0.3) is 6.08 Å². The number of nitrogens with zero attached hydrogens (tertiary/aromatic N) is 2. The summed E-state index contributed by atoms with van der Waals surface area (Å²) in [6, 6.07) is 11.8. The molecule has 2 rings (SSSR count). The van der Waals surface area contributed by atoms with Gasteiger partial charge >= 0.3 is 5.69 Å². The summed E-state index contributed by atoms with van der Waals surface area (Å²) in [5.74, 6) is 0. The number of benzene rings is 1. The molecule has 0 fully saturated rings. The van der Waals surface area contributed by atoms with Crippen LogP contribution in [0, 0.1) is 6.92 Å². The molecule has 0 N–H and O–H groups in total. The minimum Gasteiger partial charge on any atom is -0.295 e. The minimum absolute atomic E-state index is 0.206. The fraction of sp³-hybridized carbons (Fsp3) is 0.143. The molecule has 0 amide bonds. The van der Waals surface area contributed by atoms with Gasteiger partial charge in [-0.1, -0.05) is 42.5 Å². The van der Waals surface area contributed by atoms with Crippen LogP contribution in [0.2, 0.25) is 0 Å². The first-order chi connectivity index (χ1) is 8.25. The fourth-order valence-electron chi connectivity index (χ4n) is 1.52. The summed E-state index contributed by atoms with van der Waals surface area (Å²) >= 11 is 0. The highest BCUT2D eigenvalue weighted by Crippen LogP contribution is 2.00. The van der Waals surface area contributed by atoms with Gasteiger partial charge in [0.25, 0.3) is 0 Å². The Kier molecular flexibility index (Phi) is 3.50.